The summed E-state index contributed by atoms with van der Waals surface area (Å²) in [7, 11) is 0. The van der Waals surface area contributed by atoms with Crippen molar-refractivity contribution in [2.75, 3.05) is 18.0 Å². The smallest absolute Gasteiger partial charge is 0.339 e. The Morgan fingerprint density at radius 2 is 2.08 bits per heavy atom. The molecule has 1 saturated heterocycles. The Labute approximate surface area is 140 Å². The van der Waals surface area contributed by atoms with Crippen molar-refractivity contribution in [3.63, 3.8) is 0 Å². The van der Waals surface area contributed by atoms with E-state index in [9.17, 15) is 18.7 Å². The highest BCUT2D eigenvalue weighted by Gasteiger charge is 2.42. The third kappa shape index (κ3) is 3.10. The van der Waals surface area contributed by atoms with Crippen molar-refractivity contribution in [1.29, 1.82) is 0 Å². The van der Waals surface area contributed by atoms with Gasteiger partial charge in [-0.3, -0.25) is 0 Å². The van der Waals surface area contributed by atoms with Crippen molar-refractivity contribution in [3.8, 4) is 0 Å². The predicted molar refractivity (Wildman–Crippen MR) is 87.9 cm³/mol. The molecule has 0 radical (unpaired) electrons. The second kappa shape index (κ2) is 5.67. The van der Waals surface area contributed by atoms with Gasteiger partial charge in [0.1, 0.15) is 11.4 Å². The number of hydrogen-bond donors (Lipinski definition) is 1. The third-order valence-corrected chi connectivity index (χ3v) is 5.35. The predicted octanol–water partition coefficient (Wildman–Crippen LogP) is 3.78. The summed E-state index contributed by atoms with van der Waals surface area (Å²) in [5.41, 5.74) is 2.15. The van der Waals surface area contributed by atoms with Crippen molar-refractivity contribution in [3.05, 3.63) is 22.9 Å². The molecule has 1 atom stereocenters. The van der Waals surface area contributed by atoms with E-state index in [2.05, 4.69) is 18.8 Å². The molecule has 2 aliphatic rings. The van der Waals surface area contributed by atoms with E-state index in [1.165, 1.54) is 6.92 Å². The molecule has 1 unspecified atom stereocenters. The van der Waals surface area contributed by atoms with Crippen LogP contribution in [0.4, 0.5) is 14.6 Å². The second-order valence-electron chi connectivity index (χ2n) is 7.97. The Hall–Kier alpha value is -1.72. The third-order valence-electron chi connectivity index (χ3n) is 5.35. The van der Waals surface area contributed by atoms with Gasteiger partial charge in [0.05, 0.1) is 0 Å². The van der Waals surface area contributed by atoms with Crippen molar-refractivity contribution in [2.24, 2.45) is 11.3 Å². The molecule has 1 aromatic rings. The molecular formula is C18H24F2N2O2. The molecule has 0 amide bonds. The number of aromatic nitrogens is 1. The number of nitrogens with zero attached hydrogens (tertiary/aromatic N) is 2. The molecule has 1 fully saturated rings. The molecular weight excluding hydrogens is 314 g/mol. The molecule has 1 N–H and O–H groups in total. The molecule has 0 bridgehead atoms. The first-order chi connectivity index (χ1) is 11.1. The lowest BCUT2D eigenvalue weighted by molar-refractivity contribution is -0.0652. The minimum Gasteiger partial charge on any atom is -0.478 e. The number of pyridine rings is 1. The lowest BCUT2D eigenvalue weighted by Gasteiger charge is -2.38. The Bertz CT molecular complexity index is 673. The fraction of sp³-hybridized carbons (Fsp3) is 0.667. The lowest BCUT2D eigenvalue weighted by atomic mass is 9.76. The van der Waals surface area contributed by atoms with Crippen LogP contribution >= 0.6 is 0 Å². The van der Waals surface area contributed by atoms with Crippen molar-refractivity contribution < 1.29 is 18.7 Å². The van der Waals surface area contributed by atoms with Gasteiger partial charge in [-0.05, 0) is 36.3 Å². The van der Waals surface area contributed by atoms with Gasteiger partial charge in [0, 0.05) is 31.1 Å². The van der Waals surface area contributed by atoms with Gasteiger partial charge in [0.15, 0.2) is 0 Å². The number of carbonyl (C=O) groups is 1. The normalized spacial score (nSPS) is 25.2. The molecule has 2 heterocycles. The van der Waals surface area contributed by atoms with Gasteiger partial charge in [-0.2, -0.15) is 0 Å². The molecule has 4 nitrogen and oxygen atoms in total. The van der Waals surface area contributed by atoms with E-state index in [-0.39, 0.29) is 30.5 Å². The Morgan fingerprint density at radius 3 is 2.71 bits per heavy atom. The first kappa shape index (κ1) is 17.1. The first-order valence-electron chi connectivity index (χ1n) is 8.48. The average Bonchev–Trinajstić information content (AvgIpc) is 2.47. The van der Waals surface area contributed by atoms with E-state index in [1.54, 1.807) is 11.0 Å². The van der Waals surface area contributed by atoms with Crippen LogP contribution in [0.3, 0.4) is 0 Å². The van der Waals surface area contributed by atoms with Crippen LogP contribution in [0.5, 0.6) is 0 Å². The maximum absolute atomic E-state index is 13.8. The number of aromatic carboxylic acids is 1. The molecule has 0 saturated carbocycles. The highest BCUT2D eigenvalue weighted by Crippen LogP contribution is 2.38. The topological polar surface area (TPSA) is 53.4 Å². The van der Waals surface area contributed by atoms with Crippen LogP contribution in [0.1, 0.15) is 55.2 Å². The SMILES string of the molecule is CC1CN(c2nc3c(cc2C(=O)O)CCC(C)(C)C3)CCC1(F)F. The summed E-state index contributed by atoms with van der Waals surface area (Å²) >= 11 is 0. The zero-order chi connectivity index (χ0) is 17.7. The Morgan fingerprint density at radius 1 is 1.38 bits per heavy atom. The van der Waals surface area contributed by atoms with E-state index in [4.69, 9.17) is 0 Å². The number of anilines is 1. The molecule has 0 spiro atoms. The largest absolute Gasteiger partial charge is 0.478 e. The Kier molecular flexibility index (Phi) is 4.04. The average molecular weight is 338 g/mol. The van der Waals surface area contributed by atoms with E-state index in [1.807, 2.05) is 0 Å². The van der Waals surface area contributed by atoms with Crippen LogP contribution in [0.2, 0.25) is 0 Å². The summed E-state index contributed by atoms with van der Waals surface area (Å²) in [6.45, 7) is 6.11. The number of rotatable bonds is 2. The maximum Gasteiger partial charge on any atom is 0.339 e. The minimum absolute atomic E-state index is 0.127. The van der Waals surface area contributed by atoms with Crippen LogP contribution in [0.15, 0.2) is 6.07 Å². The van der Waals surface area contributed by atoms with Gasteiger partial charge in [0.25, 0.3) is 5.92 Å². The zero-order valence-corrected chi connectivity index (χ0v) is 14.4. The summed E-state index contributed by atoms with van der Waals surface area (Å²) in [4.78, 5) is 18.0. The summed E-state index contributed by atoms with van der Waals surface area (Å²) in [5, 5.41) is 9.55. The number of carboxylic acids is 1. The highest BCUT2D eigenvalue weighted by atomic mass is 19.3. The molecule has 132 valence electrons. The standard InChI is InChI=1S/C18H24F2N2O2/c1-11-10-22(7-6-18(11,19)20)15-13(16(23)24)8-12-4-5-17(2,3)9-14(12)21-15/h8,11H,4-7,9-10H2,1-3H3,(H,23,24). The fourth-order valence-electron chi connectivity index (χ4n) is 3.64. The van der Waals surface area contributed by atoms with Crippen molar-refractivity contribution in [1.82, 2.24) is 4.98 Å². The Balaban J connectivity index is 1.99. The summed E-state index contributed by atoms with van der Waals surface area (Å²) in [6.07, 6.45) is 2.32. The van der Waals surface area contributed by atoms with Crippen LogP contribution < -0.4 is 4.90 Å². The molecule has 1 aliphatic heterocycles. The van der Waals surface area contributed by atoms with Crippen molar-refractivity contribution >= 4 is 11.8 Å². The molecule has 3 rings (SSSR count). The van der Waals surface area contributed by atoms with Crippen LogP contribution in [0, 0.1) is 11.3 Å². The van der Waals surface area contributed by atoms with Crippen molar-refractivity contribution in [2.45, 2.75) is 52.4 Å². The van der Waals surface area contributed by atoms with E-state index < -0.39 is 17.8 Å². The fourth-order valence-corrected chi connectivity index (χ4v) is 3.64. The number of carboxylic acid groups (broad SMARTS) is 1. The first-order valence-corrected chi connectivity index (χ1v) is 8.48. The lowest BCUT2D eigenvalue weighted by Crippen LogP contribution is -2.46. The van der Waals surface area contributed by atoms with E-state index in [0.29, 0.717) is 5.82 Å². The van der Waals surface area contributed by atoms with Gasteiger partial charge in [-0.15, -0.1) is 0 Å². The monoisotopic (exact) mass is 338 g/mol. The summed E-state index contributed by atoms with van der Waals surface area (Å²) in [6, 6.07) is 1.70. The minimum atomic E-state index is -2.70. The zero-order valence-electron chi connectivity index (χ0n) is 14.4. The summed E-state index contributed by atoms with van der Waals surface area (Å²) in [5.74, 6) is -4.21. The molecule has 0 aromatic carbocycles. The molecule has 24 heavy (non-hydrogen) atoms. The molecule has 6 heteroatoms. The van der Waals surface area contributed by atoms with Crippen LogP contribution in [0.25, 0.3) is 0 Å². The van der Waals surface area contributed by atoms with Gasteiger partial charge in [-0.25, -0.2) is 18.6 Å². The van der Waals surface area contributed by atoms with Gasteiger partial charge >= 0.3 is 5.97 Å². The number of hydrogen-bond acceptors (Lipinski definition) is 3. The number of aryl methyl sites for hydroxylation is 1. The maximum atomic E-state index is 13.8. The van der Waals surface area contributed by atoms with Gasteiger partial charge < -0.3 is 10.0 Å². The second-order valence-corrected chi connectivity index (χ2v) is 7.97. The van der Waals surface area contributed by atoms with Crippen LogP contribution in [-0.4, -0.2) is 35.1 Å². The van der Waals surface area contributed by atoms with Crippen LogP contribution in [-0.2, 0) is 12.8 Å². The quantitative estimate of drug-likeness (QED) is 0.892. The molecule has 1 aliphatic carbocycles. The molecule has 1 aromatic heterocycles. The van der Waals surface area contributed by atoms with Gasteiger partial charge in [0.2, 0.25) is 0 Å². The van der Waals surface area contributed by atoms with E-state index >= 15 is 0 Å². The highest BCUT2D eigenvalue weighted by molar-refractivity contribution is 5.93. The number of alkyl halides is 2. The van der Waals surface area contributed by atoms with E-state index in [0.717, 1.165) is 30.5 Å². The number of fused-ring (bicyclic) bond motifs is 1. The summed E-state index contributed by atoms with van der Waals surface area (Å²) < 4.78 is 27.5. The van der Waals surface area contributed by atoms with Gasteiger partial charge in [-0.1, -0.05) is 20.8 Å². The number of halogens is 2. The number of piperidine rings is 1.